The lowest BCUT2D eigenvalue weighted by molar-refractivity contribution is 0.0984. The predicted molar refractivity (Wildman–Crippen MR) is 53.4 cm³/mol. The van der Waals surface area contributed by atoms with Gasteiger partial charge in [-0.15, -0.1) is 11.8 Å². The highest BCUT2D eigenvalue weighted by Crippen LogP contribution is 2.07. The summed E-state index contributed by atoms with van der Waals surface area (Å²) in [5, 5.41) is 0. The number of carbonyl (C=O) groups excluding carboxylic acids is 1. The van der Waals surface area contributed by atoms with E-state index >= 15 is 0 Å². The van der Waals surface area contributed by atoms with Crippen LogP contribution in [0.15, 0.2) is 24.3 Å². The Kier molecular flexibility index (Phi) is 3.87. The summed E-state index contributed by atoms with van der Waals surface area (Å²) in [7, 11) is 0. The second-order valence-electron chi connectivity index (χ2n) is 2.86. The molecular weight excluding hydrogens is 179 g/mol. The molecule has 0 bridgehead atoms. The molecule has 0 aliphatic heterocycles. The summed E-state index contributed by atoms with van der Waals surface area (Å²) < 4.78 is 12.7. The van der Waals surface area contributed by atoms with Crippen LogP contribution >= 0.6 is 0 Å². The van der Waals surface area contributed by atoms with Gasteiger partial charge in [-0.3, -0.25) is 4.79 Å². The van der Waals surface area contributed by atoms with Crippen LogP contribution in [0.5, 0.6) is 0 Å². The standard InChI is InChI=1S/C12H11FO/c1-2-3-4-8-12(14)10-6-5-7-11(13)9-10/h5-7,9H,4,8H2,1H3. The minimum atomic E-state index is -0.377. The Morgan fingerprint density at radius 1 is 1.50 bits per heavy atom. The van der Waals surface area contributed by atoms with E-state index < -0.39 is 0 Å². The van der Waals surface area contributed by atoms with Crippen LogP contribution in [0, 0.1) is 17.7 Å². The molecule has 0 amide bonds. The normalized spacial score (nSPS) is 9.00. The third kappa shape index (κ3) is 3.02. The van der Waals surface area contributed by atoms with E-state index in [-0.39, 0.29) is 11.6 Å². The molecular formula is C12H11FO. The van der Waals surface area contributed by atoms with Gasteiger partial charge in [0.1, 0.15) is 5.82 Å². The highest BCUT2D eigenvalue weighted by atomic mass is 19.1. The molecule has 0 aliphatic rings. The maximum absolute atomic E-state index is 12.7. The third-order valence-corrected chi connectivity index (χ3v) is 1.80. The molecule has 0 fully saturated rings. The number of hydrogen-bond acceptors (Lipinski definition) is 1. The number of rotatable bonds is 3. The topological polar surface area (TPSA) is 17.1 Å². The Morgan fingerprint density at radius 2 is 2.29 bits per heavy atom. The largest absolute Gasteiger partial charge is 0.294 e. The van der Waals surface area contributed by atoms with Crippen LogP contribution in [0.3, 0.4) is 0 Å². The Labute approximate surface area is 82.9 Å². The van der Waals surface area contributed by atoms with E-state index in [0.717, 1.165) is 0 Å². The molecule has 1 aromatic rings. The van der Waals surface area contributed by atoms with Crippen LogP contribution in [0.2, 0.25) is 0 Å². The summed E-state index contributed by atoms with van der Waals surface area (Å²) in [5.41, 5.74) is 0.419. The van der Waals surface area contributed by atoms with Crippen molar-refractivity contribution in [1.29, 1.82) is 0 Å². The van der Waals surface area contributed by atoms with Crippen LogP contribution in [0.25, 0.3) is 0 Å². The average Bonchev–Trinajstić information content (AvgIpc) is 2.18. The number of hydrogen-bond donors (Lipinski definition) is 0. The van der Waals surface area contributed by atoms with Crippen molar-refractivity contribution >= 4 is 5.78 Å². The Hall–Kier alpha value is -1.62. The summed E-state index contributed by atoms with van der Waals surface area (Å²) in [6, 6.07) is 5.73. The zero-order chi connectivity index (χ0) is 10.4. The molecule has 0 aliphatic carbocycles. The van der Waals surface area contributed by atoms with Gasteiger partial charge in [-0.25, -0.2) is 4.39 Å². The minimum absolute atomic E-state index is 0.0627. The van der Waals surface area contributed by atoms with E-state index in [1.165, 1.54) is 18.2 Å². The summed E-state index contributed by atoms with van der Waals surface area (Å²) in [4.78, 5) is 11.4. The van der Waals surface area contributed by atoms with Crippen molar-refractivity contribution in [1.82, 2.24) is 0 Å². The highest BCUT2D eigenvalue weighted by Gasteiger charge is 2.04. The molecule has 0 unspecified atom stereocenters. The molecule has 0 N–H and O–H groups in total. The fourth-order valence-electron chi connectivity index (χ4n) is 1.11. The SMILES string of the molecule is CC#CCCC(=O)c1cccc(F)c1. The van der Waals surface area contributed by atoms with Crippen molar-refractivity contribution in [3.8, 4) is 11.8 Å². The van der Waals surface area contributed by atoms with Gasteiger partial charge >= 0.3 is 0 Å². The van der Waals surface area contributed by atoms with Crippen molar-refractivity contribution in [2.24, 2.45) is 0 Å². The van der Waals surface area contributed by atoms with Gasteiger partial charge in [0.15, 0.2) is 5.78 Å². The van der Waals surface area contributed by atoms with Gasteiger partial charge in [0.2, 0.25) is 0 Å². The number of Topliss-reactive ketones (excluding diaryl/α,β-unsaturated/α-hetero) is 1. The first-order chi connectivity index (χ1) is 6.74. The van der Waals surface area contributed by atoms with E-state index in [1.54, 1.807) is 13.0 Å². The first kappa shape index (κ1) is 10.5. The quantitative estimate of drug-likeness (QED) is 0.529. The molecule has 1 aromatic carbocycles. The van der Waals surface area contributed by atoms with Crippen molar-refractivity contribution in [3.05, 3.63) is 35.6 Å². The molecule has 14 heavy (non-hydrogen) atoms. The highest BCUT2D eigenvalue weighted by molar-refractivity contribution is 5.96. The number of halogens is 1. The van der Waals surface area contributed by atoms with Gasteiger partial charge in [-0.05, 0) is 19.1 Å². The second-order valence-corrected chi connectivity index (χ2v) is 2.86. The zero-order valence-electron chi connectivity index (χ0n) is 8.01. The summed E-state index contributed by atoms with van der Waals surface area (Å²) in [6.45, 7) is 1.73. The molecule has 0 spiro atoms. The van der Waals surface area contributed by atoms with Crippen molar-refractivity contribution in [3.63, 3.8) is 0 Å². The lowest BCUT2D eigenvalue weighted by atomic mass is 10.1. The van der Waals surface area contributed by atoms with Gasteiger partial charge in [0, 0.05) is 18.4 Å². The monoisotopic (exact) mass is 190 g/mol. The molecule has 0 atom stereocenters. The van der Waals surface area contributed by atoms with Crippen LogP contribution in [0.4, 0.5) is 4.39 Å². The maximum Gasteiger partial charge on any atom is 0.163 e. The molecule has 1 rings (SSSR count). The number of ketones is 1. The molecule has 0 aromatic heterocycles. The smallest absolute Gasteiger partial charge is 0.163 e. The predicted octanol–water partition coefficient (Wildman–Crippen LogP) is 2.81. The molecule has 0 heterocycles. The van der Waals surface area contributed by atoms with Gasteiger partial charge < -0.3 is 0 Å². The van der Waals surface area contributed by atoms with Crippen LogP contribution in [-0.4, -0.2) is 5.78 Å². The first-order valence-corrected chi connectivity index (χ1v) is 4.42. The van der Waals surface area contributed by atoms with E-state index in [9.17, 15) is 9.18 Å². The fraction of sp³-hybridized carbons (Fsp3) is 0.250. The van der Waals surface area contributed by atoms with E-state index in [1.807, 2.05) is 0 Å². The lowest BCUT2D eigenvalue weighted by Crippen LogP contribution is -1.98. The number of benzene rings is 1. The van der Waals surface area contributed by atoms with Crippen LogP contribution in [-0.2, 0) is 0 Å². The molecule has 1 nitrogen and oxygen atoms in total. The van der Waals surface area contributed by atoms with Gasteiger partial charge in [0.25, 0.3) is 0 Å². The zero-order valence-corrected chi connectivity index (χ0v) is 8.01. The summed E-state index contributed by atoms with van der Waals surface area (Å²) in [5.74, 6) is 5.07. The van der Waals surface area contributed by atoms with Crippen molar-refractivity contribution in [2.75, 3.05) is 0 Å². The van der Waals surface area contributed by atoms with E-state index in [0.29, 0.717) is 18.4 Å². The van der Waals surface area contributed by atoms with Crippen LogP contribution < -0.4 is 0 Å². The third-order valence-electron chi connectivity index (χ3n) is 1.80. The lowest BCUT2D eigenvalue weighted by Gasteiger charge is -1.97. The molecule has 0 saturated heterocycles. The van der Waals surface area contributed by atoms with E-state index in [2.05, 4.69) is 11.8 Å². The number of carbonyl (C=O) groups is 1. The molecule has 0 saturated carbocycles. The van der Waals surface area contributed by atoms with Crippen molar-refractivity contribution in [2.45, 2.75) is 19.8 Å². The van der Waals surface area contributed by atoms with Gasteiger partial charge in [-0.2, -0.15) is 0 Å². The van der Waals surface area contributed by atoms with Gasteiger partial charge in [-0.1, -0.05) is 12.1 Å². The second kappa shape index (κ2) is 5.18. The van der Waals surface area contributed by atoms with E-state index in [4.69, 9.17) is 0 Å². The maximum atomic E-state index is 12.7. The summed E-state index contributed by atoms with van der Waals surface area (Å²) >= 11 is 0. The summed E-state index contributed by atoms with van der Waals surface area (Å²) in [6.07, 6.45) is 0.885. The molecule has 72 valence electrons. The van der Waals surface area contributed by atoms with Crippen LogP contribution in [0.1, 0.15) is 30.1 Å². The average molecular weight is 190 g/mol. The molecule has 0 radical (unpaired) electrons. The Bertz CT molecular complexity index is 385. The molecule has 2 heteroatoms. The van der Waals surface area contributed by atoms with Crippen molar-refractivity contribution < 1.29 is 9.18 Å². The Morgan fingerprint density at radius 3 is 2.93 bits per heavy atom. The Balaban J connectivity index is 2.63. The van der Waals surface area contributed by atoms with Gasteiger partial charge in [0.05, 0.1) is 0 Å². The minimum Gasteiger partial charge on any atom is -0.294 e. The fourth-order valence-corrected chi connectivity index (χ4v) is 1.11. The first-order valence-electron chi connectivity index (χ1n) is 4.42.